The summed E-state index contributed by atoms with van der Waals surface area (Å²) in [4.78, 5) is 0. The fourth-order valence-corrected chi connectivity index (χ4v) is 2.29. The van der Waals surface area contributed by atoms with Crippen LogP contribution in [0.1, 0.15) is 29.5 Å². The average molecular weight is 193 g/mol. The summed E-state index contributed by atoms with van der Waals surface area (Å²) in [5.41, 5.74) is 5.39. The van der Waals surface area contributed by atoms with Crippen molar-refractivity contribution in [3.63, 3.8) is 0 Å². The first-order chi connectivity index (χ1) is 7.38. The van der Waals surface area contributed by atoms with Crippen molar-refractivity contribution in [2.75, 3.05) is 0 Å². The van der Waals surface area contributed by atoms with Crippen LogP contribution in [0, 0.1) is 6.08 Å². The first-order valence-electron chi connectivity index (χ1n) is 5.50. The van der Waals surface area contributed by atoms with Crippen LogP contribution in [0.5, 0.6) is 0 Å². The summed E-state index contributed by atoms with van der Waals surface area (Å²) in [5, 5.41) is 0. The Morgan fingerprint density at radius 2 is 2.20 bits per heavy atom. The molecule has 0 saturated carbocycles. The van der Waals surface area contributed by atoms with Gasteiger partial charge in [0.2, 0.25) is 0 Å². The van der Waals surface area contributed by atoms with Gasteiger partial charge in [-0.1, -0.05) is 49.4 Å². The van der Waals surface area contributed by atoms with Crippen molar-refractivity contribution in [2.45, 2.75) is 19.3 Å². The largest absolute Gasteiger partial charge is 0.0726 e. The second kappa shape index (κ2) is 3.23. The molecule has 0 saturated heterocycles. The Morgan fingerprint density at radius 3 is 3.07 bits per heavy atom. The highest BCUT2D eigenvalue weighted by atomic mass is 14.3. The second-order valence-electron chi connectivity index (χ2n) is 4.08. The molecular formula is C15H13. The van der Waals surface area contributed by atoms with Crippen molar-refractivity contribution in [3.05, 3.63) is 70.8 Å². The topological polar surface area (TPSA) is 0 Å². The van der Waals surface area contributed by atoms with E-state index in [1.807, 2.05) is 0 Å². The van der Waals surface area contributed by atoms with Gasteiger partial charge in [0.15, 0.2) is 0 Å². The number of aryl methyl sites for hydroxylation is 1. The Morgan fingerprint density at radius 1 is 1.27 bits per heavy atom. The molecule has 73 valence electrons. The second-order valence-corrected chi connectivity index (χ2v) is 4.08. The summed E-state index contributed by atoms with van der Waals surface area (Å²) in [6.45, 7) is 2.19. The summed E-state index contributed by atoms with van der Waals surface area (Å²) in [6, 6.07) is 6.75. The highest BCUT2D eigenvalue weighted by Gasteiger charge is 2.22. The minimum absolute atomic E-state index is 0.455. The lowest BCUT2D eigenvalue weighted by Gasteiger charge is -2.12. The van der Waals surface area contributed by atoms with Crippen LogP contribution in [-0.4, -0.2) is 0 Å². The molecule has 1 radical (unpaired) electrons. The van der Waals surface area contributed by atoms with Gasteiger partial charge in [0, 0.05) is 5.92 Å². The van der Waals surface area contributed by atoms with Crippen LogP contribution in [0.2, 0.25) is 0 Å². The van der Waals surface area contributed by atoms with Crippen LogP contribution in [0.15, 0.2) is 48.1 Å². The van der Waals surface area contributed by atoms with Gasteiger partial charge in [-0.05, 0) is 34.8 Å². The minimum Gasteiger partial charge on any atom is -0.0726 e. The number of fused-ring (bicyclic) bond motifs is 3. The average Bonchev–Trinajstić information content (AvgIpc) is 2.66. The van der Waals surface area contributed by atoms with Crippen molar-refractivity contribution >= 4 is 0 Å². The Hall–Kier alpha value is -1.56. The predicted molar refractivity (Wildman–Crippen MR) is 62.7 cm³/mol. The first kappa shape index (κ1) is 8.72. The van der Waals surface area contributed by atoms with E-state index >= 15 is 0 Å². The summed E-state index contributed by atoms with van der Waals surface area (Å²) in [7, 11) is 0. The first-order valence-corrected chi connectivity index (χ1v) is 5.50. The molecule has 1 atom stereocenters. The summed E-state index contributed by atoms with van der Waals surface area (Å²) in [6.07, 6.45) is 13.2. The van der Waals surface area contributed by atoms with Crippen LogP contribution < -0.4 is 0 Å². The fraction of sp³-hybridized carbons (Fsp3) is 0.200. The van der Waals surface area contributed by atoms with Gasteiger partial charge < -0.3 is 0 Å². The monoisotopic (exact) mass is 193 g/mol. The van der Waals surface area contributed by atoms with Gasteiger partial charge in [0.05, 0.1) is 0 Å². The molecule has 2 aliphatic rings. The van der Waals surface area contributed by atoms with Crippen molar-refractivity contribution in [1.29, 1.82) is 0 Å². The normalized spacial score (nSPS) is 21.1. The molecule has 0 aliphatic heterocycles. The van der Waals surface area contributed by atoms with Gasteiger partial charge >= 0.3 is 0 Å². The highest BCUT2D eigenvalue weighted by molar-refractivity contribution is 5.56. The molecule has 0 N–H and O–H groups in total. The zero-order valence-corrected chi connectivity index (χ0v) is 8.83. The van der Waals surface area contributed by atoms with Gasteiger partial charge in [-0.25, -0.2) is 0 Å². The molecule has 15 heavy (non-hydrogen) atoms. The van der Waals surface area contributed by atoms with Gasteiger partial charge in [-0.3, -0.25) is 0 Å². The van der Waals surface area contributed by atoms with E-state index in [1.165, 1.54) is 22.3 Å². The third-order valence-corrected chi connectivity index (χ3v) is 3.17. The molecule has 0 bridgehead atoms. The molecule has 1 aromatic rings. The van der Waals surface area contributed by atoms with Gasteiger partial charge in [0.25, 0.3) is 0 Å². The van der Waals surface area contributed by atoms with Gasteiger partial charge in [-0.2, -0.15) is 0 Å². The standard InChI is InChI=1S/C15H13/c1-2-11-7-8-15-13(9-11)10-12-5-3-4-6-14(12)15/h3-9,14H,2H2,1H3. The number of allylic oxidation sites excluding steroid dienone is 5. The van der Waals surface area contributed by atoms with E-state index in [0.29, 0.717) is 5.92 Å². The third-order valence-electron chi connectivity index (χ3n) is 3.17. The Balaban J connectivity index is 2.13. The highest BCUT2D eigenvalue weighted by Crippen LogP contribution is 2.38. The molecule has 1 aromatic carbocycles. The van der Waals surface area contributed by atoms with E-state index in [1.54, 1.807) is 0 Å². The van der Waals surface area contributed by atoms with Crippen molar-refractivity contribution in [1.82, 2.24) is 0 Å². The Labute approximate surface area is 90.6 Å². The molecular weight excluding hydrogens is 180 g/mol. The summed E-state index contributed by atoms with van der Waals surface area (Å²) < 4.78 is 0. The lowest BCUT2D eigenvalue weighted by atomic mass is 9.92. The molecule has 0 nitrogen and oxygen atoms in total. The third kappa shape index (κ3) is 1.29. The van der Waals surface area contributed by atoms with Crippen molar-refractivity contribution in [3.8, 4) is 0 Å². The van der Waals surface area contributed by atoms with E-state index in [2.05, 4.69) is 55.5 Å². The maximum absolute atomic E-state index is 3.49. The zero-order valence-electron chi connectivity index (χ0n) is 8.83. The quantitative estimate of drug-likeness (QED) is 0.640. The van der Waals surface area contributed by atoms with Crippen LogP contribution in [0.4, 0.5) is 0 Å². The molecule has 0 spiro atoms. The van der Waals surface area contributed by atoms with E-state index in [4.69, 9.17) is 0 Å². The zero-order chi connectivity index (χ0) is 10.3. The van der Waals surface area contributed by atoms with Gasteiger partial charge in [0.1, 0.15) is 0 Å². The van der Waals surface area contributed by atoms with E-state index in [0.717, 1.165) is 6.42 Å². The number of hydrogen-bond donors (Lipinski definition) is 0. The van der Waals surface area contributed by atoms with Crippen LogP contribution >= 0.6 is 0 Å². The molecule has 1 unspecified atom stereocenters. The lowest BCUT2D eigenvalue weighted by Crippen LogP contribution is -1.96. The molecule has 0 aromatic heterocycles. The molecule has 0 heteroatoms. The van der Waals surface area contributed by atoms with Crippen molar-refractivity contribution < 1.29 is 0 Å². The number of rotatable bonds is 1. The van der Waals surface area contributed by atoms with Crippen LogP contribution in [0.25, 0.3) is 0 Å². The molecule has 0 heterocycles. The predicted octanol–water partition coefficient (Wildman–Crippen LogP) is 3.55. The molecule has 0 fully saturated rings. The molecule has 2 aliphatic carbocycles. The van der Waals surface area contributed by atoms with Gasteiger partial charge in [-0.15, -0.1) is 0 Å². The summed E-state index contributed by atoms with van der Waals surface area (Å²) >= 11 is 0. The smallest absolute Gasteiger partial charge is 0.0285 e. The number of benzene rings is 1. The SMILES string of the molecule is CCc1ccc2c(c1)[C]=C1C=CC=CC12. The molecule has 0 amide bonds. The van der Waals surface area contributed by atoms with Crippen LogP contribution in [0.3, 0.4) is 0 Å². The molecule has 3 rings (SSSR count). The van der Waals surface area contributed by atoms with Crippen LogP contribution in [-0.2, 0) is 6.42 Å². The van der Waals surface area contributed by atoms with E-state index < -0.39 is 0 Å². The van der Waals surface area contributed by atoms with E-state index in [9.17, 15) is 0 Å². The Bertz CT molecular complexity index is 487. The maximum Gasteiger partial charge on any atom is 0.0285 e. The maximum atomic E-state index is 3.49. The van der Waals surface area contributed by atoms with Crippen molar-refractivity contribution in [2.24, 2.45) is 0 Å². The Kier molecular flexibility index (Phi) is 1.88. The fourth-order valence-electron chi connectivity index (χ4n) is 2.29. The summed E-state index contributed by atoms with van der Waals surface area (Å²) in [5.74, 6) is 0.455. The lowest BCUT2D eigenvalue weighted by molar-refractivity contribution is 1.04. The number of hydrogen-bond acceptors (Lipinski definition) is 0. The van der Waals surface area contributed by atoms with E-state index in [-0.39, 0.29) is 0 Å². The minimum atomic E-state index is 0.455.